The number of carboxylic acids is 1. The van der Waals surface area contributed by atoms with E-state index in [4.69, 9.17) is 0 Å². The predicted octanol–water partition coefficient (Wildman–Crippen LogP) is 6.13. The number of rotatable bonds is 4. The molecular formula is C25H20FN3O2. The first-order valence-corrected chi connectivity index (χ1v) is 10.1. The van der Waals surface area contributed by atoms with Crippen LogP contribution in [-0.2, 0) is 0 Å². The molecule has 0 atom stereocenters. The molecule has 0 saturated carbocycles. The van der Waals surface area contributed by atoms with Crippen molar-refractivity contribution < 1.29 is 14.3 Å². The summed E-state index contributed by atoms with van der Waals surface area (Å²) < 4.78 is 16.9. The van der Waals surface area contributed by atoms with Crippen LogP contribution in [0.4, 0.5) is 4.39 Å². The third kappa shape index (κ3) is 2.91. The number of nitrogens with zero attached hydrogens (tertiary/aromatic N) is 2. The Labute approximate surface area is 177 Å². The van der Waals surface area contributed by atoms with Gasteiger partial charge in [-0.15, -0.1) is 0 Å². The van der Waals surface area contributed by atoms with Crippen LogP contribution in [0.5, 0.6) is 0 Å². The molecule has 6 heteroatoms. The Morgan fingerprint density at radius 2 is 1.84 bits per heavy atom. The van der Waals surface area contributed by atoms with Crippen LogP contribution in [-0.4, -0.2) is 25.8 Å². The number of benzene rings is 3. The van der Waals surface area contributed by atoms with Crippen molar-refractivity contribution in [1.82, 2.24) is 14.8 Å². The number of hydrogen-bond donors (Lipinski definition) is 2. The van der Waals surface area contributed by atoms with E-state index < -0.39 is 5.97 Å². The van der Waals surface area contributed by atoms with Crippen LogP contribution in [0.15, 0.2) is 66.9 Å². The number of aromatic carboxylic acids is 1. The molecule has 0 aliphatic carbocycles. The molecule has 5 rings (SSSR count). The van der Waals surface area contributed by atoms with E-state index in [1.165, 1.54) is 6.07 Å². The van der Waals surface area contributed by atoms with Gasteiger partial charge in [-0.1, -0.05) is 44.2 Å². The number of H-pyrrole nitrogens is 1. The first kappa shape index (κ1) is 19.1. The van der Waals surface area contributed by atoms with Gasteiger partial charge in [-0.2, -0.15) is 5.10 Å². The summed E-state index contributed by atoms with van der Waals surface area (Å²) in [7, 11) is 0. The van der Waals surface area contributed by atoms with Crippen molar-refractivity contribution in [2.24, 2.45) is 0 Å². The van der Waals surface area contributed by atoms with E-state index >= 15 is 0 Å². The van der Waals surface area contributed by atoms with Gasteiger partial charge in [0, 0.05) is 22.0 Å². The molecule has 0 bridgehead atoms. The van der Waals surface area contributed by atoms with E-state index in [9.17, 15) is 14.3 Å². The van der Waals surface area contributed by atoms with Crippen LogP contribution in [0.2, 0.25) is 0 Å². The van der Waals surface area contributed by atoms with Gasteiger partial charge in [0.05, 0.1) is 28.5 Å². The fraction of sp³-hybridized carbons (Fsp3) is 0.120. The SMILES string of the molecule is CC(C)c1c(-c2ccccc2C(=O)O)c2cc3[nH]ncc3cc2n1-c1ccccc1F. The lowest BCUT2D eigenvalue weighted by molar-refractivity contribution is 0.0697. The van der Waals surface area contributed by atoms with Gasteiger partial charge in [0.1, 0.15) is 5.82 Å². The van der Waals surface area contributed by atoms with Crippen LogP contribution in [0.1, 0.15) is 35.8 Å². The average Bonchev–Trinajstić information content (AvgIpc) is 3.34. The Kier molecular flexibility index (Phi) is 4.36. The topological polar surface area (TPSA) is 70.9 Å². The number of hydrogen-bond acceptors (Lipinski definition) is 2. The molecule has 3 aromatic carbocycles. The number of fused-ring (bicyclic) bond motifs is 2. The second kappa shape index (κ2) is 7.09. The summed E-state index contributed by atoms with van der Waals surface area (Å²) in [5, 5.41) is 18.7. The van der Waals surface area contributed by atoms with E-state index in [0.29, 0.717) is 11.3 Å². The highest BCUT2D eigenvalue weighted by Crippen LogP contribution is 2.43. The maximum atomic E-state index is 15.0. The summed E-state index contributed by atoms with van der Waals surface area (Å²) in [4.78, 5) is 12.0. The Hall–Kier alpha value is -3.93. The van der Waals surface area contributed by atoms with Crippen LogP contribution in [0.25, 0.3) is 38.6 Å². The number of nitrogens with one attached hydrogen (secondary N) is 1. The molecule has 0 spiro atoms. The molecule has 0 aliphatic rings. The molecular weight excluding hydrogens is 393 g/mol. The lowest BCUT2D eigenvalue weighted by Crippen LogP contribution is -2.06. The fourth-order valence-corrected chi connectivity index (χ4v) is 4.35. The van der Waals surface area contributed by atoms with Gasteiger partial charge >= 0.3 is 5.97 Å². The van der Waals surface area contributed by atoms with E-state index in [2.05, 4.69) is 10.2 Å². The minimum Gasteiger partial charge on any atom is -0.478 e. The van der Waals surface area contributed by atoms with Crippen molar-refractivity contribution in [3.8, 4) is 16.8 Å². The molecule has 2 aromatic heterocycles. The smallest absolute Gasteiger partial charge is 0.336 e. The van der Waals surface area contributed by atoms with Crippen LogP contribution in [0.3, 0.4) is 0 Å². The highest BCUT2D eigenvalue weighted by molar-refractivity contribution is 6.09. The molecule has 154 valence electrons. The van der Waals surface area contributed by atoms with E-state index in [1.807, 2.05) is 42.7 Å². The molecule has 31 heavy (non-hydrogen) atoms. The second-order valence-electron chi connectivity index (χ2n) is 7.88. The number of carbonyl (C=O) groups is 1. The monoisotopic (exact) mass is 413 g/mol. The number of aromatic amines is 1. The minimum atomic E-state index is -1.00. The number of aromatic nitrogens is 3. The lowest BCUT2D eigenvalue weighted by atomic mass is 9.93. The molecule has 0 fully saturated rings. The maximum absolute atomic E-state index is 15.0. The van der Waals surface area contributed by atoms with Crippen LogP contribution < -0.4 is 0 Å². The zero-order chi connectivity index (χ0) is 21.7. The van der Waals surface area contributed by atoms with Gasteiger partial charge in [0.2, 0.25) is 0 Å². The summed E-state index contributed by atoms with van der Waals surface area (Å²) >= 11 is 0. The van der Waals surface area contributed by atoms with Crippen LogP contribution >= 0.6 is 0 Å². The van der Waals surface area contributed by atoms with Gasteiger partial charge in [-0.3, -0.25) is 5.10 Å². The summed E-state index contributed by atoms with van der Waals surface area (Å²) in [6.45, 7) is 4.07. The molecule has 0 radical (unpaired) electrons. The molecule has 0 amide bonds. The lowest BCUT2D eigenvalue weighted by Gasteiger charge is -2.17. The summed E-state index contributed by atoms with van der Waals surface area (Å²) in [5.41, 5.74) is 4.54. The molecule has 0 saturated heterocycles. The van der Waals surface area contributed by atoms with Gasteiger partial charge < -0.3 is 9.67 Å². The van der Waals surface area contributed by atoms with Crippen molar-refractivity contribution in [3.63, 3.8) is 0 Å². The zero-order valence-corrected chi connectivity index (χ0v) is 17.1. The van der Waals surface area contributed by atoms with E-state index in [0.717, 1.165) is 33.1 Å². The largest absolute Gasteiger partial charge is 0.478 e. The average molecular weight is 413 g/mol. The Balaban J connectivity index is 2.02. The summed E-state index contributed by atoms with van der Waals surface area (Å²) in [6.07, 6.45) is 1.73. The standard InChI is InChI=1S/C25H20FN3O2/c1-14(2)24-23(16-7-3-4-8-17(16)25(30)31)18-12-20-15(13-27-28-20)11-22(18)29(24)21-10-6-5-9-19(21)26/h3-14H,1-2H3,(H,27,28)(H,30,31). The minimum absolute atomic E-state index is 0.000300. The van der Waals surface area contributed by atoms with Crippen molar-refractivity contribution in [1.29, 1.82) is 0 Å². The van der Waals surface area contributed by atoms with Crippen molar-refractivity contribution in [2.45, 2.75) is 19.8 Å². The van der Waals surface area contributed by atoms with Gasteiger partial charge in [0.25, 0.3) is 0 Å². The van der Waals surface area contributed by atoms with Crippen LogP contribution in [0, 0.1) is 5.82 Å². The van der Waals surface area contributed by atoms with E-state index in [-0.39, 0.29) is 17.3 Å². The van der Waals surface area contributed by atoms with Gasteiger partial charge in [-0.25, -0.2) is 9.18 Å². The first-order valence-electron chi connectivity index (χ1n) is 10.1. The zero-order valence-electron chi connectivity index (χ0n) is 17.1. The fourth-order valence-electron chi connectivity index (χ4n) is 4.35. The highest BCUT2D eigenvalue weighted by Gasteiger charge is 2.26. The second-order valence-corrected chi connectivity index (χ2v) is 7.88. The maximum Gasteiger partial charge on any atom is 0.336 e. The number of halogens is 1. The first-order chi connectivity index (χ1) is 15.0. The normalized spacial score (nSPS) is 11.6. The molecule has 5 aromatic rings. The quantitative estimate of drug-likeness (QED) is 0.372. The van der Waals surface area contributed by atoms with Crippen molar-refractivity contribution in [3.05, 3.63) is 83.9 Å². The summed E-state index contributed by atoms with van der Waals surface area (Å²) in [5.74, 6) is -1.34. The summed E-state index contributed by atoms with van der Waals surface area (Å²) in [6, 6.07) is 17.5. The molecule has 2 heterocycles. The van der Waals surface area contributed by atoms with Gasteiger partial charge in [-0.05, 0) is 41.8 Å². The van der Waals surface area contributed by atoms with E-state index in [1.54, 1.807) is 36.5 Å². The van der Waals surface area contributed by atoms with Crippen molar-refractivity contribution in [2.75, 3.05) is 0 Å². The number of carboxylic acid groups (broad SMARTS) is 1. The predicted molar refractivity (Wildman–Crippen MR) is 119 cm³/mol. The third-order valence-corrected chi connectivity index (χ3v) is 5.63. The molecule has 2 N–H and O–H groups in total. The van der Waals surface area contributed by atoms with Gasteiger partial charge in [0.15, 0.2) is 0 Å². The highest BCUT2D eigenvalue weighted by atomic mass is 19.1. The molecule has 0 aliphatic heterocycles. The Morgan fingerprint density at radius 1 is 1.10 bits per heavy atom. The third-order valence-electron chi connectivity index (χ3n) is 5.63. The van der Waals surface area contributed by atoms with Crippen molar-refractivity contribution >= 4 is 27.8 Å². The molecule has 0 unspecified atom stereocenters. The molecule has 5 nitrogen and oxygen atoms in total. The Morgan fingerprint density at radius 3 is 2.58 bits per heavy atom. The number of para-hydroxylation sites is 1. The Bertz CT molecular complexity index is 1460.